The minimum absolute atomic E-state index is 0.0925. The van der Waals surface area contributed by atoms with Gasteiger partial charge in [0, 0.05) is 23.6 Å². The average molecular weight is 337 g/mol. The number of carbonyl (C=O) groups is 1. The quantitative estimate of drug-likeness (QED) is 0.450. The van der Waals surface area contributed by atoms with Crippen LogP contribution in [0.3, 0.4) is 0 Å². The molecule has 2 aromatic carbocycles. The first kappa shape index (κ1) is 16.2. The van der Waals surface area contributed by atoms with Crippen molar-refractivity contribution in [1.82, 2.24) is 0 Å². The van der Waals surface area contributed by atoms with Gasteiger partial charge >= 0.3 is 0 Å². The third-order valence-electron chi connectivity index (χ3n) is 3.58. The van der Waals surface area contributed by atoms with Crippen LogP contribution >= 0.6 is 0 Å². The largest absolute Gasteiger partial charge is 0.508 e. The maximum Gasteiger partial charge on any atom is 0.267 e. The molecular weight excluding hydrogens is 322 g/mol. The summed E-state index contributed by atoms with van der Waals surface area (Å²) in [4.78, 5) is 12.2. The van der Waals surface area contributed by atoms with Crippen molar-refractivity contribution in [3.63, 3.8) is 0 Å². The molecule has 3 rings (SSSR count). The summed E-state index contributed by atoms with van der Waals surface area (Å²) in [7, 11) is 0. The van der Waals surface area contributed by atoms with E-state index in [0.717, 1.165) is 0 Å². The Balaban J connectivity index is 1.71. The van der Waals surface area contributed by atoms with E-state index in [0.29, 0.717) is 28.4 Å². The molecule has 0 spiro atoms. The number of fused-ring (bicyclic) bond motifs is 1. The summed E-state index contributed by atoms with van der Waals surface area (Å²) in [5.41, 5.74) is 1.78. The second-order valence-electron chi connectivity index (χ2n) is 5.34. The van der Waals surface area contributed by atoms with Crippen LogP contribution in [0, 0.1) is 18.3 Å². The number of aromatic hydroxyl groups is 1. The molecule has 0 aromatic heterocycles. The molecule has 126 valence electrons. The zero-order valence-electron chi connectivity index (χ0n) is 13.4. The van der Waals surface area contributed by atoms with Gasteiger partial charge in [0.15, 0.2) is 11.5 Å². The molecule has 3 N–H and O–H groups in total. The smallest absolute Gasteiger partial charge is 0.267 e. The zero-order valence-corrected chi connectivity index (χ0v) is 13.4. The Morgan fingerprint density at radius 1 is 1.24 bits per heavy atom. The van der Waals surface area contributed by atoms with Gasteiger partial charge in [-0.3, -0.25) is 4.79 Å². The molecule has 7 heteroatoms. The van der Waals surface area contributed by atoms with Crippen LogP contribution in [0.2, 0.25) is 0 Å². The number of rotatable bonds is 4. The number of carbonyl (C=O) groups excluding carboxylic acids is 1. The van der Waals surface area contributed by atoms with Gasteiger partial charge < -0.3 is 25.2 Å². The van der Waals surface area contributed by atoms with Crippen molar-refractivity contribution in [2.24, 2.45) is 0 Å². The minimum atomic E-state index is -0.551. The average Bonchev–Trinajstić information content (AvgIpc) is 3.05. The van der Waals surface area contributed by atoms with Crippen molar-refractivity contribution < 1.29 is 19.4 Å². The highest BCUT2D eigenvalue weighted by Gasteiger charge is 2.14. The molecule has 0 atom stereocenters. The van der Waals surface area contributed by atoms with Crippen molar-refractivity contribution in [3.05, 3.63) is 53.7 Å². The first-order chi connectivity index (χ1) is 12.1. The Morgan fingerprint density at radius 2 is 2.04 bits per heavy atom. The topological polar surface area (TPSA) is 104 Å². The lowest BCUT2D eigenvalue weighted by Gasteiger charge is -2.08. The van der Waals surface area contributed by atoms with Gasteiger partial charge in [-0.05, 0) is 42.8 Å². The number of phenolic OH excluding ortho intramolecular Hbond substituents is 1. The third kappa shape index (κ3) is 3.64. The predicted molar refractivity (Wildman–Crippen MR) is 91.4 cm³/mol. The lowest BCUT2D eigenvalue weighted by molar-refractivity contribution is -0.112. The standard InChI is InChI=1S/C18H15N3O4/c1-11-6-14(22)3-4-15(11)21-18(23)12(8-19)9-20-13-2-5-16-17(7-13)25-10-24-16/h2-7,9,20,22H,10H2,1H3,(H,21,23)/b12-9-. The van der Waals surface area contributed by atoms with Gasteiger partial charge in [0.2, 0.25) is 6.79 Å². The molecular formula is C18H15N3O4. The highest BCUT2D eigenvalue weighted by molar-refractivity contribution is 6.07. The van der Waals surface area contributed by atoms with Gasteiger partial charge in [-0.2, -0.15) is 5.26 Å². The van der Waals surface area contributed by atoms with Gasteiger partial charge in [-0.25, -0.2) is 0 Å². The number of nitrogens with zero attached hydrogens (tertiary/aromatic N) is 1. The van der Waals surface area contributed by atoms with E-state index in [2.05, 4.69) is 10.6 Å². The zero-order chi connectivity index (χ0) is 17.8. The molecule has 2 aromatic rings. The van der Waals surface area contributed by atoms with Crippen molar-refractivity contribution in [3.8, 4) is 23.3 Å². The van der Waals surface area contributed by atoms with Crippen LogP contribution in [-0.4, -0.2) is 17.8 Å². The van der Waals surface area contributed by atoms with Gasteiger partial charge in [-0.15, -0.1) is 0 Å². The van der Waals surface area contributed by atoms with Crippen LogP contribution in [-0.2, 0) is 4.79 Å². The lowest BCUT2D eigenvalue weighted by atomic mass is 10.2. The number of amides is 1. The van der Waals surface area contributed by atoms with Crippen LogP contribution in [0.15, 0.2) is 48.2 Å². The number of anilines is 2. The van der Waals surface area contributed by atoms with E-state index in [-0.39, 0.29) is 18.1 Å². The van der Waals surface area contributed by atoms with Crippen molar-refractivity contribution in [2.75, 3.05) is 17.4 Å². The molecule has 0 aliphatic carbocycles. The van der Waals surface area contributed by atoms with E-state index in [9.17, 15) is 15.2 Å². The maximum atomic E-state index is 12.2. The summed E-state index contributed by atoms with van der Waals surface area (Å²) in [6.07, 6.45) is 1.32. The van der Waals surface area contributed by atoms with E-state index < -0.39 is 5.91 Å². The normalized spacial score (nSPS) is 12.4. The van der Waals surface area contributed by atoms with E-state index in [4.69, 9.17) is 9.47 Å². The summed E-state index contributed by atoms with van der Waals surface area (Å²) >= 11 is 0. The molecule has 1 amide bonds. The molecule has 1 aliphatic heterocycles. The Bertz CT molecular complexity index is 900. The minimum Gasteiger partial charge on any atom is -0.508 e. The summed E-state index contributed by atoms with van der Waals surface area (Å²) in [6.45, 7) is 1.92. The first-order valence-corrected chi connectivity index (χ1v) is 7.44. The fourth-order valence-electron chi connectivity index (χ4n) is 2.27. The van der Waals surface area contributed by atoms with Crippen LogP contribution in [0.1, 0.15) is 5.56 Å². The number of nitrogens with one attached hydrogen (secondary N) is 2. The number of hydrogen-bond donors (Lipinski definition) is 3. The highest BCUT2D eigenvalue weighted by atomic mass is 16.7. The van der Waals surface area contributed by atoms with Crippen LogP contribution in [0.5, 0.6) is 17.2 Å². The number of hydrogen-bond acceptors (Lipinski definition) is 6. The SMILES string of the molecule is Cc1cc(O)ccc1NC(=O)/C(C#N)=C\Nc1ccc2c(c1)OCO2. The van der Waals surface area contributed by atoms with Crippen LogP contribution in [0.25, 0.3) is 0 Å². The lowest BCUT2D eigenvalue weighted by Crippen LogP contribution is -2.15. The van der Waals surface area contributed by atoms with Gasteiger partial charge in [0.05, 0.1) is 0 Å². The molecule has 0 fully saturated rings. The van der Waals surface area contributed by atoms with Gasteiger partial charge in [0.25, 0.3) is 5.91 Å². The predicted octanol–water partition coefficient (Wildman–Crippen LogP) is 2.89. The monoisotopic (exact) mass is 337 g/mol. The van der Waals surface area contributed by atoms with E-state index in [1.807, 2.05) is 6.07 Å². The number of benzene rings is 2. The van der Waals surface area contributed by atoms with Crippen LogP contribution < -0.4 is 20.1 Å². The Hall–Kier alpha value is -3.66. The number of ether oxygens (including phenoxy) is 2. The summed E-state index contributed by atoms with van der Waals surface area (Å²) < 4.78 is 10.5. The third-order valence-corrected chi connectivity index (χ3v) is 3.58. The molecule has 1 aliphatic rings. The van der Waals surface area contributed by atoms with Crippen LogP contribution in [0.4, 0.5) is 11.4 Å². The summed E-state index contributed by atoms with van der Waals surface area (Å²) in [5, 5.41) is 24.2. The van der Waals surface area contributed by atoms with Crippen molar-refractivity contribution >= 4 is 17.3 Å². The molecule has 1 heterocycles. The fraction of sp³-hybridized carbons (Fsp3) is 0.111. The Morgan fingerprint density at radius 3 is 2.80 bits per heavy atom. The Kier molecular flexibility index (Phi) is 4.44. The fourth-order valence-corrected chi connectivity index (χ4v) is 2.27. The number of nitriles is 1. The molecule has 25 heavy (non-hydrogen) atoms. The number of aryl methyl sites for hydroxylation is 1. The van der Waals surface area contributed by atoms with E-state index >= 15 is 0 Å². The molecule has 0 saturated carbocycles. The van der Waals surface area contributed by atoms with E-state index in [1.165, 1.54) is 18.3 Å². The molecule has 0 bridgehead atoms. The molecule has 7 nitrogen and oxygen atoms in total. The van der Waals surface area contributed by atoms with Gasteiger partial charge in [0.1, 0.15) is 17.4 Å². The molecule has 0 unspecified atom stereocenters. The second-order valence-corrected chi connectivity index (χ2v) is 5.34. The van der Waals surface area contributed by atoms with E-state index in [1.54, 1.807) is 31.2 Å². The molecule has 0 radical (unpaired) electrons. The van der Waals surface area contributed by atoms with Crippen molar-refractivity contribution in [1.29, 1.82) is 5.26 Å². The number of phenols is 1. The van der Waals surface area contributed by atoms with Crippen molar-refractivity contribution in [2.45, 2.75) is 6.92 Å². The van der Waals surface area contributed by atoms with Gasteiger partial charge in [-0.1, -0.05) is 0 Å². The maximum absolute atomic E-state index is 12.2. The first-order valence-electron chi connectivity index (χ1n) is 7.44. The summed E-state index contributed by atoms with van der Waals surface area (Å²) in [5.74, 6) is 0.803. The Labute approximate surface area is 144 Å². The second kappa shape index (κ2) is 6.84. The molecule has 0 saturated heterocycles. The highest BCUT2D eigenvalue weighted by Crippen LogP contribution is 2.34. The summed E-state index contributed by atoms with van der Waals surface area (Å²) in [6, 6.07) is 11.6.